The summed E-state index contributed by atoms with van der Waals surface area (Å²) in [5.74, 6) is -2.14. The molecule has 0 aliphatic rings. The third kappa shape index (κ3) is 2.27. The van der Waals surface area contributed by atoms with Gasteiger partial charge in [-0.2, -0.15) is 5.10 Å². The van der Waals surface area contributed by atoms with Gasteiger partial charge in [0.2, 0.25) is 0 Å². The van der Waals surface area contributed by atoms with Gasteiger partial charge in [-0.15, -0.1) is 0 Å². The van der Waals surface area contributed by atoms with E-state index in [9.17, 15) is 8.78 Å². The summed E-state index contributed by atoms with van der Waals surface area (Å²) < 4.78 is 31.7. The minimum Gasteiger partial charge on any atom is -0.496 e. The fourth-order valence-electron chi connectivity index (χ4n) is 1.67. The van der Waals surface area contributed by atoms with E-state index in [2.05, 4.69) is 10.2 Å². The average Bonchev–Trinajstić information content (AvgIpc) is 2.73. The highest BCUT2D eigenvalue weighted by Gasteiger charge is 2.25. The van der Waals surface area contributed by atoms with Gasteiger partial charge in [-0.25, -0.2) is 8.78 Å². The zero-order chi connectivity index (χ0) is 13.3. The largest absolute Gasteiger partial charge is 0.496 e. The molecule has 3 N–H and O–H groups in total. The van der Waals surface area contributed by atoms with Crippen LogP contribution in [0.4, 0.5) is 14.6 Å². The van der Waals surface area contributed by atoms with Crippen LogP contribution in [0.5, 0.6) is 5.75 Å². The van der Waals surface area contributed by atoms with E-state index in [0.29, 0.717) is 22.8 Å². The minimum atomic E-state index is -2.91. The number of nitrogens with one attached hydrogen (secondary N) is 1. The average molecular weight is 253 g/mol. The summed E-state index contributed by atoms with van der Waals surface area (Å²) in [5, 5.41) is 6.45. The number of nitrogen functional groups attached to an aromatic ring is 1. The molecule has 0 fully saturated rings. The van der Waals surface area contributed by atoms with Crippen molar-refractivity contribution >= 4 is 5.82 Å². The minimum absolute atomic E-state index is 0.0912. The summed E-state index contributed by atoms with van der Waals surface area (Å²) >= 11 is 0. The lowest BCUT2D eigenvalue weighted by Gasteiger charge is -2.14. The van der Waals surface area contributed by atoms with Crippen LogP contribution >= 0.6 is 0 Å². The molecule has 1 heterocycles. The van der Waals surface area contributed by atoms with Crippen molar-refractivity contribution in [3.05, 3.63) is 29.8 Å². The Balaban J connectivity index is 2.56. The van der Waals surface area contributed by atoms with Crippen molar-refractivity contribution in [2.45, 2.75) is 12.8 Å². The molecule has 0 radical (unpaired) electrons. The summed E-state index contributed by atoms with van der Waals surface area (Å²) in [7, 11) is 1.47. The van der Waals surface area contributed by atoms with Gasteiger partial charge in [-0.05, 0) is 18.2 Å². The molecule has 1 aromatic carbocycles. The van der Waals surface area contributed by atoms with E-state index in [1.165, 1.54) is 25.3 Å². The molecule has 96 valence electrons. The molecular formula is C12H13F2N3O. The van der Waals surface area contributed by atoms with Crippen LogP contribution in [0.15, 0.2) is 24.3 Å². The van der Waals surface area contributed by atoms with E-state index in [-0.39, 0.29) is 5.56 Å². The molecule has 2 rings (SSSR count). The fraction of sp³-hybridized carbons (Fsp3) is 0.250. The summed E-state index contributed by atoms with van der Waals surface area (Å²) in [6.45, 7) is 0.847. The predicted octanol–water partition coefficient (Wildman–Crippen LogP) is 2.78. The maximum absolute atomic E-state index is 13.3. The number of aromatic amines is 1. The SMILES string of the molecule is COc1ccc(C(C)(F)F)cc1-c1cc(N)n[nH]1. The number of rotatable bonds is 3. The number of ether oxygens (including phenoxy) is 1. The van der Waals surface area contributed by atoms with Crippen LogP contribution in [0.25, 0.3) is 11.3 Å². The van der Waals surface area contributed by atoms with Crippen LogP contribution in [0.3, 0.4) is 0 Å². The van der Waals surface area contributed by atoms with E-state index in [1.807, 2.05) is 0 Å². The van der Waals surface area contributed by atoms with Gasteiger partial charge in [0.25, 0.3) is 5.92 Å². The van der Waals surface area contributed by atoms with Gasteiger partial charge >= 0.3 is 0 Å². The monoisotopic (exact) mass is 253 g/mol. The van der Waals surface area contributed by atoms with Crippen LogP contribution in [-0.4, -0.2) is 17.3 Å². The van der Waals surface area contributed by atoms with Gasteiger partial charge in [0.15, 0.2) is 0 Å². The van der Waals surface area contributed by atoms with Crippen molar-refractivity contribution in [3.8, 4) is 17.0 Å². The standard InChI is InChI=1S/C12H13F2N3O/c1-12(13,14)7-3-4-10(18-2)8(5-7)9-6-11(15)17-16-9/h3-6H,1-2H3,(H3,15,16,17). The van der Waals surface area contributed by atoms with Crippen LogP contribution in [0, 0.1) is 0 Å². The first-order chi connectivity index (χ1) is 8.41. The Bertz CT molecular complexity index is 561. The maximum atomic E-state index is 13.3. The van der Waals surface area contributed by atoms with Gasteiger partial charge in [0, 0.05) is 24.1 Å². The van der Waals surface area contributed by atoms with Crippen molar-refractivity contribution in [3.63, 3.8) is 0 Å². The highest BCUT2D eigenvalue weighted by Crippen LogP contribution is 2.35. The number of hydrogen-bond acceptors (Lipinski definition) is 3. The molecule has 18 heavy (non-hydrogen) atoms. The molecule has 0 aliphatic heterocycles. The fourth-order valence-corrected chi connectivity index (χ4v) is 1.67. The normalized spacial score (nSPS) is 11.6. The number of anilines is 1. The molecule has 4 nitrogen and oxygen atoms in total. The second-order valence-electron chi connectivity index (χ2n) is 4.01. The van der Waals surface area contributed by atoms with Crippen molar-refractivity contribution < 1.29 is 13.5 Å². The Kier molecular flexibility index (Phi) is 2.94. The lowest BCUT2D eigenvalue weighted by Crippen LogP contribution is -2.07. The number of H-pyrrole nitrogens is 1. The van der Waals surface area contributed by atoms with E-state index in [0.717, 1.165) is 6.92 Å². The number of benzene rings is 1. The van der Waals surface area contributed by atoms with Gasteiger partial charge < -0.3 is 10.5 Å². The van der Waals surface area contributed by atoms with Gasteiger partial charge in [0.1, 0.15) is 11.6 Å². The number of hydrogen-bond donors (Lipinski definition) is 2. The first-order valence-corrected chi connectivity index (χ1v) is 5.29. The van der Waals surface area contributed by atoms with Gasteiger partial charge in [0.05, 0.1) is 12.8 Å². The van der Waals surface area contributed by atoms with E-state index in [1.54, 1.807) is 6.07 Å². The lowest BCUT2D eigenvalue weighted by atomic mass is 10.0. The van der Waals surface area contributed by atoms with E-state index >= 15 is 0 Å². The summed E-state index contributed by atoms with van der Waals surface area (Å²) in [5.41, 5.74) is 6.45. The maximum Gasteiger partial charge on any atom is 0.270 e. The molecule has 0 amide bonds. The highest BCUT2D eigenvalue weighted by molar-refractivity contribution is 5.70. The van der Waals surface area contributed by atoms with E-state index < -0.39 is 5.92 Å². The quantitative estimate of drug-likeness (QED) is 0.884. The Hall–Kier alpha value is -2.11. The van der Waals surface area contributed by atoms with Crippen LogP contribution in [-0.2, 0) is 5.92 Å². The molecule has 0 bridgehead atoms. The number of aromatic nitrogens is 2. The zero-order valence-electron chi connectivity index (χ0n) is 10.00. The van der Waals surface area contributed by atoms with E-state index in [4.69, 9.17) is 10.5 Å². The Labute approximate surface area is 103 Å². The summed E-state index contributed by atoms with van der Waals surface area (Å²) in [6, 6.07) is 5.77. The van der Waals surface area contributed by atoms with Crippen LogP contribution in [0.2, 0.25) is 0 Å². The summed E-state index contributed by atoms with van der Waals surface area (Å²) in [6.07, 6.45) is 0. The smallest absolute Gasteiger partial charge is 0.270 e. The molecule has 0 saturated carbocycles. The highest BCUT2D eigenvalue weighted by atomic mass is 19.3. The van der Waals surface area contributed by atoms with Crippen molar-refractivity contribution in [1.82, 2.24) is 10.2 Å². The second kappa shape index (κ2) is 4.29. The molecule has 0 atom stereocenters. The molecule has 0 unspecified atom stereocenters. The predicted molar refractivity (Wildman–Crippen MR) is 64.6 cm³/mol. The number of nitrogens with zero attached hydrogens (tertiary/aromatic N) is 1. The van der Waals surface area contributed by atoms with Crippen LogP contribution in [0.1, 0.15) is 12.5 Å². The molecule has 6 heteroatoms. The number of methoxy groups -OCH3 is 1. The molecule has 0 saturated heterocycles. The topological polar surface area (TPSA) is 63.9 Å². The molecular weight excluding hydrogens is 240 g/mol. The van der Waals surface area contributed by atoms with Crippen molar-refractivity contribution in [2.24, 2.45) is 0 Å². The Morgan fingerprint density at radius 3 is 2.56 bits per heavy atom. The van der Waals surface area contributed by atoms with Gasteiger partial charge in [-0.1, -0.05) is 0 Å². The zero-order valence-corrected chi connectivity index (χ0v) is 10.00. The second-order valence-corrected chi connectivity index (χ2v) is 4.01. The lowest BCUT2D eigenvalue weighted by molar-refractivity contribution is 0.0175. The van der Waals surface area contributed by atoms with Crippen molar-refractivity contribution in [2.75, 3.05) is 12.8 Å². The number of alkyl halides is 2. The van der Waals surface area contributed by atoms with Crippen LogP contribution < -0.4 is 10.5 Å². The van der Waals surface area contributed by atoms with Crippen molar-refractivity contribution in [1.29, 1.82) is 0 Å². The van der Waals surface area contributed by atoms with Gasteiger partial charge in [-0.3, -0.25) is 5.10 Å². The first kappa shape index (κ1) is 12.3. The first-order valence-electron chi connectivity index (χ1n) is 5.29. The summed E-state index contributed by atoms with van der Waals surface area (Å²) in [4.78, 5) is 0. The molecule has 0 spiro atoms. The molecule has 1 aromatic heterocycles. The Morgan fingerprint density at radius 2 is 2.06 bits per heavy atom. The Morgan fingerprint density at radius 1 is 1.33 bits per heavy atom. The third-order valence-electron chi connectivity index (χ3n) is 2.59. The number of nitrogens with two attached hydrogens (primary N) is 1. The third-order valence-corrected chi connectivity index (χ3v) is 2.59. The molecule has 0 aliphatic carbocycles. The number of halogens is 2. The molecule has 2 aromatic rings.